The summed E-state index contributed by atoms with van der Waals surface area (Å²) in [7, 11) is 0. The van der Waals surface area contributed by atoms with Crippen molar-refractivity contribution in [2.24, 2.45) is 0 Å². The SMILES string of the molecule is O=C(O)/C=C/c1cn([C@@H]2O[C@H](CO)[C@@H](O)[C@H](O)[C@H]2O)c2ccccc12. The van der Waals surface area contributed by atoms with Gasteiger partial charge in [-0.25, -0.2) is 4.79 Å². The molecule has 0 spiro atoms. The first-order valence-electron chi connectivity index (χ1n) is 7.75. The van der Waals surface area contributed by atoms with Crippen LogP contribution in [0, 0.1) is 0 Å². The van der Waals surface area contributed by atoms with Crippen LogP contribution in [0.4, 0.5) is 0 Å². The molecule has 3 rings (SSSR count). The molecule has 0 unspecified atom stereocenters. The van der Waals surface area contributed by atoms with Gasteiger partial charge in [0.15, 0.2) is 6.23 Å². The van der Waals surface area contributed by atoms with Crippen molar-refractivity contribution in [3.8, 4) is 0 Å². The number of carbonyl (C=O) groups is 1. The van der Waals surface area contributed by atoms with Gasteiger partial charge < -0.3 is 34.8 Å². The predicted molar refractivity (Wildman–Crippen MR) is 87.6 cm³/mol. The van der Waals surface area contributed by atoms with Gasteiger partial charge in [-0.1, -0.05) is 18.2 Å². The summed E-state index contributed by atoms with van der Waals surface area (Å²) in [4.78, 5) is 10.8. The van der Waals surface area contributed by atoms with E-state index < -0.39 is 43.2 Å². The lowest BCUT2D eigenvalue weighted by atomic mass is 9.98. The zero-order chi connectivity index (χ0) is 18.1. The van der Waals surface area contributed by atoms with E-state index in [1.54, 1.807) is 35.0 Å². The lowest BCUT2D eigenvalue weighted by molar-refractivity contribution is -0.250. The number of benzene rings is 1. The summed E-state index contributed by atoms with van der Waals surface area (Å²) in [5.41, 5.74) is 1.24. The molecule has 134 valence electrons. The molecule has 0 radical (unpaired) electrons. The van der Waals surface area contributed by atoms with E-state index in [-0.39, 0.29) is 0 Å². The first-order valence-corrected chi connectivity index (χ1v) is 7.75. The molecule has 8 heteroatoms. The number of aliphatic carboxylic acids is 1. The van der Waals surface area contributed by atoms with E-state index in [1.165, 1.54) is 6.08 Å². The second-order valence-electron chi connectivity index (χ2n) is 5.90. The monoisotopic (exact) mass is 349 g/mol. The Hall–Kier alpha value is -2.23. The van der Waals surface area contributed by atoms with Crippen molar-refractivity contribution in [1.82, 2.24) is 4.57 Å². The lowest BCUT2D eigenvalue weighted by Gasteiger charge is -2.40. The Bertz CT molecular complexity index is 797. The Kier molecular flexibility index (Phi) is 4.89. The van der Waals surface area contributed by atoms with Gasteiger partial charge >= 0.3 is 5.97 Å². The third-order valence-electron chi connectivity index (χ3n) is 4.32. The fourth-order valence-electron chi connectivity index (χ4n) is 3.05. The fourth-order valence-corrected chi connectivity index (χ4v) is 3.05. The van der Waals surface area contributed by atoms with Gasteiger partial charge in [0, 0.05) is 23.2 Å². The van der Waals surface area contributed by atoms with E-state index >= 15 is 0 Å². The highest BCUT2D eigenvalue weighted by atomic mass is 16.6. The number of carboxylic acid groups (broad SMARTS) is 1. The smallest absolute Gasteiger partial charge is 0.328 e. The van der Waals surface area contributed by atoms with Crippen LogP contribution < -0.4 is 0 Å². The molecule has 8 nitrogen and oxygen atoms in total. The maximum Gasteiger partial charge on any atom is 0.328 e. The number of fused-ring (bicyclic) bond motifs is 1. The van der Waals surface area contributed by atoms with Crippen molar-refractivity contribution in [2.45, 2.75) is 30.6 Å². The zero-order valence-electron chi connectivity index (χ0n) is 13.1. The van der Waals surface area contributed by atoms with Gasteiger partial charge in [-0.2, -0.15) is 0 Å². The Morgan fingerprint density at radius 3 is 2.56 bits per heavy atom. The molecule has 5 N–H and O–H groups in total. The van der Waals surface area contributed by atoms with Crippen LogP contribution in [0.15, 0.2) is 36.5 Å². The highest BCUT2D eigenvalue weighted by molar-refractivity contribution is 5.93. The summed E-state index contributed by atoms with van der Waals surface area (Å²) in [6.07, 6.45) is -2.42. The highest BCUT2D eigenvalue weighted by Crippen LogP contribution is 2.33. The zero-order valence-corrected chi connectivity index (χ0v) is 13.1. The first kappa shape index (κ1) is 17.6. The number of rotatable bonds is 4. The second-order valence-corrected chi connectivity index (χ2v) is 5.90. The molecule has 0 amide bonds. The summed E-state index contributed by atoms with van der Waals surface area (Å²) in [5.74, 6) is -1.09. The van der Waals surface area contributed by atoms with Gasteiger partial charge in [0.2, 0.25) is 0 Å². The Labute approximate surface area is 142 Å². The predicted octanol–water partition coefficient (Wildman–Crippen LogP) is -0.289. The van der Waals surface area contributed by atoms with E-state index in [0.29, 0.717) is 11.1 Å². The number of aliphatic hydroxyl groups is 4. The molecular weight excluding hydrogens is 330 g/mol. The summed E-state index contributed by atoms with van der Waals surface area (Å²) in [6, 6.07) is 7.11. The number of aliphatic hydroxyl groups excluding tert-OH is 4. The molecule has 1 aromatic carbocycles. The molecule has 0 saturated carbocycles. The van der Waals surface area contributed by atoms with Crippen LogP contribution in [0.1, 0.15) is 11.8 Å². The van der Waals surface area contributed by atoms with E-state index in [1.807, 2.05) is 0 Å². The van der Waals surface area contributed by atoms with Gasteiger partial charge in [-0.15, -0.1) is 0 Å². The highest BCUT2D eigenvalue weighted by Gasteiger charge is 2.44. The van der Waals surface area contributed by atoms with Crippen LogP contribution >= 0.6 is 0 Å². The van der Waals surface area contributed by atoms with Crippen molar-refractivity contribution in [3.05, 3.63) is 42.1 Å². The van der Waals surface area contributed by atoms with Gasteiger partial charge in [0.25, 0.3) is 0 Å². The van der Waals surface area contributed by atoms with E-state index in [9.17, 15) is 25.2 Å². The lowest BCUT2D eigenvalue weighted by Crippen LogP contribution is -2.56. The number of aromatic nitrogens is 1. The van der Waals surface area contributed by atoms with Crippen molar-refractivity contribution < 1.29 is 35.1 Å². The van der Waals surface area contributed by atoms with Crippen LogP contribution in [0.5, 0.6) is 0 Å². The molecular formula is C17H19NO7. The maximum absolute atomic E-state index is 10.8. The third-order valence-corrected chi connectivity index (χ3v) is 4.32. The summed E-state index contributed by atoms with van der Waals surface area (Å²) in [5, 5.41) is 49.1. The molecule has 0 bridgehead atoms. The quantitative estimate of drug-likeness (QED) is 0.479. The minimum absolute atomic E-state index is 0.521. The molecule has 1 saturated heterocycles. The molecule has 0 aliphatic carbocycles. The Morgan fingerprint density at radius 2 is 1.88 bits per heavy atom. The van der Waals surface area contributed by atoms with Crippen molar-refractivity contribution in [1.29, 1.82) is 0 Å². The number of carboxylic acids is 1. The van der Waals surface area contributed by atoms with Crippen molar-refractivity contribution in [2.75, 3.05) is 6.61 Å². The number of nitrogens with zero attached hydrogens (tertiary/aromatic N) is 1. The van der Waals surface area contributed by atoms with Crippen molar-refractivity contribution >= 4 is 22.9 Å². The second kappa shape index (κ2) is 6.95. The van der Waals surface area contributed by atoms with E-state index in [2.05, 4.69) is 0 Å². The van der Waals surface area contributed by atoms with E-state index in [4.69, 9.17) is 9.84 Å². The van der Waals surface area contributed by atoms with Gasteiger partial charge in [-0.3, -0.25) is 0 Å². The maximum atomic E-state index is 10.8. The Balaban J connectivity index is 2.07. The molecule has 25 heavy (non-hydrogen) atoms. The molecule has 1 aliphatic heterocycles. The largest absolute Gasteiger partial charge is 0.478 e. The minimum atomic E-state index is -1.49. The van der Waals surface area contributed by atoms with Crippen LogP contribution in [0.25, 0.3) is 17.0 Å². The molecule has 2 aromatic rings. The molecule has 2 heterocycles. The topological polar surface area (TPSA) is 132 Å². The van der Waals surface area contributed by atoms with Crippen LogP contribution in [0.3, 0.4) is 0 Å². The normalized spacial score (nSPS) is 30.2. The number of para-hydroxylation sites is 1. The Morgan fingerprint density at radius 1 is 1.16 bits per heavy atom. The summed E-state index contributed by atoms with van der Waals surface area (Å²) in [6.45, 7) is -0.521. The number of hydrogen-bond donors (Lipinski definition) is 5. The van der Waals surface area contributed by atoms with Gasteiger partial charge in [-0.05, 0) is 12.1 Å². The molecule has 5 atom stereocenters. The van der Waals surface area contributed by atoms with Crippen molar-refractivity contribution in [3.63, 3.8) is 0 Å². The first-order chi connectivity index (χ1) is 11.9. The van der Waals surface area contributed by atoms with Gasteiger partial charge in [0.05, 0.1) is 12.1 Å². The number of hydrogen-bond acceptors (Lipinski definition) is 6. The average Bonchev–Trinajstić information content (AvgIpc) is 2.97. The molecule has 1 aliphatic rings. The molecule has 1 fully saturated rings. The average molecular weight is 349 g/mol. The molecule has 1 aromatic heterocycles. The standard InChI is InChI=1S/C17H19NO7/c19-8-12-14(22)15(23)16(24)17(25-12)18-7-9(5-6-13(20)21)10-3-1-2-4-11(10)18/h1-7,12,14-17,19,22-24H,8H2,(H,20,21)/b6-5+/t12-,14-,15+,16-,17-/m1/s1. The van der Waals surface area contributed by atoms with Crippen LogP contribution in [-0.4, -0.2) is 67.1 Å². The van der Waals surface area contributed by atoms with Crippen LogP contribution in [0.2, 0.25) is 0 Å². The number of ether oxygens (including phenoxy) is 1. The summed E-state index contributed by atoms with van der Waals surface area (Å²) >= 11 is 0. The fraction of sp³-hybridized carbons (Fsp3) is 0.353. The van der Waals surface area contributed by atoms with E-state index in [0.717, 1.165) is 11.5 Å². The van der Waals surface area contributed by atoms with Crippen LogP contribution in [-0.2, 0) is 9.53 Å². The summed E-state index contributed by atoms with van der Waals surface area (Å²) < 4.78 is 7.13. The minimum Gasteiger partial charge on any atom is -0.478 e. The third kappa shape index (κ3) is 3.17. The van der Waals surface area contributed by atoms with Gasteiger partial charge in [0.1, 0.15) is 24.4 Å².